The number of carbonyl (C=O) groups is 1. The van der Waals surface area contributed by atoms with Crippen LogP contribution in [0.15, 0.2) is 29.4 Å². The Bertz CT molecular complexity index is 447. The maximum absolute atomic E-state index is 11.4. The number of benzene rings is 1. The molecule has 1 amide bonds. The number of amides is 1. The van der Waals surface area contributed by atoms with Crippen molar-refractivity contribution in [3.63, 3.8) is 0 Å². The quantitative estimate of drug-likeness (QED) is 0.658. The summed E-state index contributed by atoms with van der Waals surface area (Å²) in [5, 5.41) is 4.62. The molecule has 0 fully saturated rings. The van der Waals surface area contributed by atoms with Gasteiger partial charge in [-0.3, -0.25) is 0 Å². The van der Waals surface area contributed by atoms with Crippen LogP contribution in [0.2, 0.25) is 5.02 Å². The number of nitrogens with zero attached hydrogens (tertiary/aromatic N) is 1. The van der Waals surface area contributed by atoms with Crippen LogP contribution < -0.4 is 5.43 Å². The molecule has 0 bridgehead atoms. The molecule has 0 unspecified atom stereocenters. The van der Waals surface area contributed by atoms with Crippen molar-refractivity contribution in [3.05, 3.63) is 34.9 Å². The summed E-state index contributed by atoms with van der Waals surface area (Å²) in [5.41, 5.74) is 3.37. The summed E-state index contributed by atoms with van der Waals surface area (Å²) in [6.07, 6.45) is -0.573. The van der Waals surface area contributed by atoms with Crippen LogP contribution in [0.4, 0.5) is 4.79 Å². The Morgan fingerprint density at radius 3 is 2.33 bits per heavy atom. The number of halogens is 1. The molecule has 18 heavy (non-hydrogen) atoms. The lowest BCUT2D eigenvalue weighted by Crippen LogP contribution is -2.30. The van der Waals surface area contributed by atoms with Gasteiger partial charge in [0.15, 0.2) is 0 Å². The van der Waals surface area contributed by atoms with Crippen LogP contribution in [-0.4, -0.2) is 17.4 Å². The fourth-order valence-corrected chi connectivity index (χ4v) is 1.31. The molecule has 0 aliphatic heterocycles. The number of hydrogen-bond donors (Lipinski definition) is 1. The average Bonchev–Trinajstić information content (AvgIpc) is 2.24. The lowest BCUT2D eigenvalue weighted by atomic mass is 10.1. The lowest BCUT2D eigenvalue weighted by Gasteiger charge is -2.18. The number of hydrazone groups is 1. The van der Waals surface area contributed by atoms with Crippen molar-refractivity contribution >= 4 is 23.4 Å². The van der Waals surface area contributed by atoms with Crippen molar-refractivity contribution in [2.75, 3.05) is 0 Å². The standard InChI is InChI=1S/C13H17ClN2O2/c1-9(10-5-7-11(14)8-6-10)15-16-12(17)18-13(2,3)4/h5-8H,1-4H3,(H,16,17)/b15-9-. The van der Waals surface area contributed by atoms with Crippen LogP contribution in [0.1, 0.15) is 33.3 Å². The first-order valence-corrected chi connectivity index (χ1v) is 5.95. The van der Waals surface area contributed by atoms with Crippen LogP contribution in [-0.2, 0) is 4.74 Å². The van der Waals surface area contributed by atoms with Crippen molar-refractivity contribution < 1.29 is 9.53 Å². The van der Waals surface area contributed by atoms with Crippen molar-refractivity contribution in [1.29, 1.82) is 0 Å². The van der Waals surface area contributed by atoms with Gasteiger partial charge in [0.1, 0.15) is 5.60 Å². The molecule has 98 valence electrons. The second-order valence-electron chi connectivity index (χ2n) is 4.82. The Hall–Kier alpha value is -1.55. The molecule has 1 aromatic carbocycles. The van der Waals surface area contributed by atoms with Gasteiger partial charge in [0.25, 0.3) is 0 Å². The molecule has 1 aromatic rings. The third kappa shape index (κ3) is 5.19. The predicted octanol–water partition coefficient (Wildman–Crippen LogP) is 3.59. The number of rotatable bonds is 2. The van der Waals surface area contributed by atoms with Crippen molar-refractivity contribution in [2.24, 2.45) is 5.10 Å². The monoisotopic (exact) mass is 268 g/mol. The van der Waals surface area contributed by atoms with Gasteiger partial charge < -0.3 is 4.74 Å². The zero-order valence-electron chi connectivity index (χ0n) is 11.0. The van der Waals surface area contributed by atoms with Gasteiger partial charge in [-0.1, -0.05) is 23.7 Å². The SMILES string of the molecule is C/C(=N/NC(=O)OC(C)(C)C)c1ccc(Cl)cc1. The number of nitrogens with one attached hydrogen (secondary N) is 1. The zero-order valence-corrected chi connectivity index (χ0v) is 11.7. The molecule has 0 aliphatic rings. The molecule has 0 heterocycles. The molecule has 0 aromatic heterocycles. The van der Waals surface area contributed by atoms with E-state index in [1.807, 2.05) is 12.1 Å². The smallest absolute Gasteiger partial charge is 0.428 e. The molecule has 4 nitrogen and oxygen atoms in total. The highest BCUT2D eigenvalue weighted by Crippen LogP contribution is 2.10. The predicted molar refractivity (Wildman–Crippen MR) is 73.0 cm³/mol. The Labute approximate surface area is 112 Å². The van der Waals surface area contributed by atoms with Crippen LogP contribution in [0, 0.1) is 0 Å². The maximum atomic E-state index is 11.4. The average molecular weight is 269 g/mol. The number of ether oxygens (including phenoxy) is 1. The van der Waals surface area contributed by atoms with Crippen LogP contribution in [0.3, 0.4) is 0 Å². The highest BCUT2D eigenvalue weighted by Gasteiger charge is 2.15. The Kier molecular flexibility index (Phi) is 4.73. The van der Waals surface area contributed by atoms with E-state index in [1.54, 1.807) is 39.8 Å². The number of hydrogen-bond acceptors (Lipinski definition) is 3. The fourth-order valence-electron chi connectivity index (χ4n) is 1.19. The van der Waals surface area contributed by atoms with Crippen LogP contribution >= 0.6 is 11.6 Å². The van der Waals surface area contributed by atoms with E-state index in [-0.39, 0.29) is 0 Å². The molecule has 0 saturated carbocycles. The van der Waals surface area contributed by atoms with E-state index < -0.39 is 11.7 Å². The third-order valence-corrected chi connectivity index (χ3v) is 2.23. The summed E-state index contributed by atoms with van der Waals surface area (Å²) in [7, 11) is 0. The Morgan fingerprint density at radius 2 is 1.83 bits per heavy atom. The van der Waals surface area contributed by atoms with Gasteiger partial charge in [0, 0.05) is 5.02 Å². The summed E-state index contributed by atoms with van der Waals surface area (Å²) in [4.78, 5) is 11.4. The zero-order chi connectivity index (χ0) is 13.8. The van der Waals surface area contributed by atoms with Crippen molar-refractivity contribution in [2.45, 2.75) is 33.3 Å². The summed E-state index contributed by atoms with van der Waals surface area (Å²) in [5.74, 6) is 0. The van der Waals surface area contributed by atoms with Gasteiger partial charge in [0.2, 0.25) is 0 Å². The van der Waals surface area contributed by atoms with Crippen molar-refractivity contribution in [3.8, 4) is 0 Å². The third-order valence-electron chi connectivity index (χ3n) is 1.98. The molecular formula is C13H17ClN2O2. The van der Waals surface area contributed by atoms with E-state index >= 15 is 0 Å². The van der Waals surface area contributed by atoms with E-state index in [9.17, 15) is 4.79 Å². The van der Waals surface area contributed by atoms with Gasteiger partial charge in [-0.05, 0) is 45.4 Å². The highest BCUT2D eigenvalue weighted by molar-refractivity contribution is 6.30. The summed E-state index contributed by atoms with van der Waals surface area (Å²) in [6.45, 7) is 7.17. The molecule has 5 heteroatoms. The van der Waals surface area contributed by atoms with Gasteiger partial charge in [-0.2, -0.15) is 5.10 Å². The first-order chi connectivity index (χ1) is 8.28. The van der Waals surface area contributed by atoms with Gasteiger partial charge in [-0.15, -0.1) is 0 Å². The second-order valence-corrected chi connectivity index (χ2v) is 5.25. The van der Waals surface area contributed by atoms with Crippen LogP contribution in [0.25, 0.3) is 0 Å². The summed E-state index contributed by atoms with van der Waals surface area (Å²) >= 11 is 5.79. The lowest BCUT2D eigenvalue weighted by molar-refractivity contribution is 0.0529. The van der Waals surface area contributed by atoms with Gasteiger partial charge >= 0.3 is 6.09 Å². The van der Waals surface area contributed by atoms with E-state index in [1.165, 1.54) is 0 Å². The Morgan fingerprint density at radius 1 is 1.28 bits per heavy atom. The molecular weight excluding hydrogens is 252 g/mol. The minimum atomic E-state index is -0.573. The maximum Gasteiger partial charge on any atom is 0.428 e. The fraction of sp³-hybridized carbons (Fsp3) is 0.385. The van der Waals surface area contributed by atoms with Gasteiger partial charge in [0.05, 0.1) is 5.71 Å². The van der Waals surface area contributed by atoms with E-state index in [0.29, 0.717) is 10.7 Å². The van der Waals surface area contributed by atoms with E-state index in [2.05, 4.69) is 10.5 Å². The van der Waals surface area contributed by atoms with Crippen LogP contribution in [0.5, 0.6) is 0 Å². The summed E-state index contributed by atoms with van der Waals surface area (Å²) < 4.78 is 5.06. The molecule has 1 rings (SSSR count). The van der Waals surface area contributed by atoms with Gasteiger partial charge in [-0.25, -0.2) is 10.2 Å². The minimum absolute atomic E-state index is 0.534. The second kappa shape index (κ2) is 5.87. The summed E-state index contributed by atoms with van der Waals surface area (Å²) in [6, 6.07) is 7.20. The largest absolute Gasteiger partial charge is 0.443 e. The van der Waals surface area contributed by atoms with Crippen molar-refractivity contribution in [1.82, 2.24) is 5.43 Å². The molecule has 0 aliphatic carbocycles. The molecule has 0 radical (unpaired) electrons. The normalized spacial score (nSPS) is 12.2. The molecule has 0 saturated heterocycles. The molecule has 1 N–H and O–H groups in total. The molecule has 0 atom stereocenters. The topological polar surface area (TPSA) is 50.7 Å². The molecule has 0 spiro atoms. The first-order valence-electron chi connectivity index (χ1n) is 5.57. The Balaban J connectivity index is 2.62. The highest BCUT2D eigenvalue weighted by atomic mass is 35.5. The van der Waals surface area contributed by atoms with E-state index in [0.717, 1.165) is 5.56 Å². The first kappa shape index (κ1) is 14.5. The number of carbonyl (C=O) groups excluding carboxylic acids is 1. The minimum Gasteiger partial charge on any atom is -0.443 e. The van der Waals surface area contributed by atoms with E-state index in [4.69, 9.17) is 16.3 Å².